The Kier molecular flexibility index (Phi) is 3.86. The highest BCUT2D eigenvalue weighted by atomic mass is 16.2. The molecular weight excluding hydrogens is 314 g/mol. The Morgan fingerprint density at radius 3 is 3.00 bits per heavy atom. The number of aromatic nitrogens is 1. The maximum Gasteiger partial charge on any atom is 0.319 e. The second-order valence-electron chi connectivity index (χ2n) is 7.24. The van der Waals surface area contributed by atoms with Crippen LogP contribution in [0.3, 0.4) is 0 Å². The summed E-state index contributed by atoms with van der Waals surface area (Å²) >= 11 is 0. The predicted molar refractivity (Wildman–Crippen MR) is 97.9 cm³/mol. The van der Waals surface area contributed by atoms with E-state index in [1.54, 1.807) is 25.4 Å². The molecule has 1 fully saturated rings. The van der Waals surface area contributed by atoms with Gasteiger partial charge in [-0.15, -0.1) is 0 Å². The second kappa shape index (κ2) is 6.06. The number of nitrogens with zero attached hydrogens (tertiary/aromatic N) is 1. The van der Waals surface area contributed by atoms with Crippen LogP contribution in [0.1, 0.15) is 30.4 Å². The molecule has 2 atom stereocenters. The molecule has 2 aliphatic rings. The zero-order chi connectivity index (χ0) is 17.4. The Balaban J connectivity index is 1.38. The van der Waals surface area contributed by atoms with E-state index in [0.29, 0.717) is 18.2 Å². The first kappa shape index (κ1) is 15.9. The van der Waals surface area contributed by atoms with Crippen molar-refractivity contribution < 1.29 is 4.79 Å². The number of anilines is 1. The van der Waals surface area contributed by atoms with Crippen molar-refractivity contribution >= 4 is 11.7 Å². The molecule has 130 valence electrons. The highest BCUT2D eigenvalue weighted by Crippen LogP contribution is 2.59. The van der Waals surface area contributed by atoms with Gasteiger partial charge in [0.2, 0.25) is 0 Å². The predicted octanol–water partition coefficient (Wildman–Crippen LogP) is 2.80. The summed E-state index contributed by atoms with van der Waals surface area (Å²) in [4.78, 5) is 24.1. The summed E-state index contributed by atoms with van der Waals surface area (Å²) in [5.74, 6) is 0.485. The number of fused-ring (bicyclic) bond motifs is 2. The Hall–Kier alpha value is -2.56. The fourth-order valence-corrected chi connectivity index (χ4v) is 4.31. The average molecular weight is 337 g/mol. The number of benzene rings is 1. The number of amides is 2. The number of aryl methyl sites for hydroxylation is 2. The van der Waals surface area contributed by atoms with Crippen LogP contribution in [0.5, 0.6) is 0 Å². The molecular formula is C20H23N3O2. The molecule has 5 heteroatoms. The smallest absolute Gasteiger partial charge is 0.319 e. The maximum absolute atomic E-state index is 12.2. The topological polar surface area (TPSA) is 63.1 Å². The van der Waals surface area contributed by atoms with E-state index < -0.39 is 0 Å². The zero-order valence-corrected chi connectivity index (χ0v) is 14.4. The molecule has 2 aromatic rings. The number of carbonyl (C=O) groups is 1. The van der Waals surface area contributed by atoms with E-state index >= 15 is 0 Å². The van der Waals surface area contributed by atoms with Crippen molar-refractivity contribution in [2.24, 2.45) is 13.0 Å². The van der Waals surface area contributed by atoms with E-state index in [4.69, 9.17) is 0 Å². The van der Waals surface area contributed by atoms with Crippen LogP contribution >= 0.6 is 0 Å². The van der Waals surface area contributed by atoms with Crippen LogP contribution in [0, 0.1) is 5.92 Å². The molecule has 1 aromatic carbocycles. The normalized spacial score (nSPS) is 23.8. The molecule has 0 bridgehead atoms. The molecule has 1 saturated carbocycles. The van der Waals surface area contributed by atoms with Crippen molar-refractivity contribution in [2.45, 2.75) is 31.1 Å². The summed E-state index contributed by atoms with van der Waals surface area (Å²) in [5, 5.41) is 5.61. The van der Waals surface area contributed by atoms with Gasteiger partial charge in [-0.2, -0.15) is 0 Å². The van der Waals surface area contributed by atoms with E-state index in [1.165, 1.54) is 28.5 Å². The minimum atomic E-state index is -0.311. The molecule has 1 spiro atoms. The van der Waals surface area contributed by atoms with Crippen LogP contribution in [0.15, 0.2) is 47.4 Å². The highest BCUT2D eigenvalue weighted by molar-refractivity contribution is 5.89. The van der Waals surface area contributed by atoms with Gasteiger partial charge < -0.3 is 15.2 Å². The maximum atomic E-state index is 12.2. The molecule has 2 amide bonds. The third-order valence-corrected chi connectivity index (χ3v) is 5.74. The number of hydrogen-bond acceptors (Lipinski definition) is 2. The van der Waals surface area contributed by atoms with Crippen molar-refractivity contribution in [3.63, 3.8) is 0 Å². The summed E-state index contributed by atoms with van der Waals surface area (Å²) in [7, 11) is 1.67. The fraction of sp³-hybridized carbons (Fsp3) is 0.400. The lowest BCUT2D eigenvalue weighted by molar-refractivity contribution is 0.251. The first-order valence-corrected chi connectivity index (χ1v) is 8.89. The van der Waals surface area contributed by atoms with Gasteiger partial charge in [-0.1, -0.05) is 24.3 Å². The standard InChI is InChI=1S/C20H23N3O2/c1-23-11-5-9-17(18(23)24)22-19(25)21-13-15-12-20(15)10-4-7-14-6-2-3-8-16(14)20/h2-3,5-6,8-9,11,15H,4,7,10,12-13H2,1H3,(H2,21,22,25)/t15-,20+/m1/s1. The zero-order valence-electron chi connectivity index (χ0n) is 14.4. The number of hydrogen-bond donors (Lipinski definition) is 2. The molecule has 0 unspecified atom stereocenters. The first-order valence-electron chi connectivity index (χ1n) is 8.89. The monoisotopic (exact) mass is 337 g/mol. The van der Waals surface area contributed by atoms with Crippen LogP contribution < -0.4 is 16.2 Å². The van der Waals surface area contributed by atoms with E-state index in [0.717, 1.165) is 12.8 Å². The van der Waals surface area contributed by atoms with Crippen molar-refractivity contribution in [3.8, 4) is 0 Å². The highest BCUT2D eigenvalue weighted by Gasteiger charge is 2.56. The minimum absolute atomic E-state index is 0.207. The van der Waals surface area contributed by atoms with Gasteiger partial charge in [0.25, 0.3) is 5.56 Å². The lowest BCUT2D eigenvalue weighted by Crippen LogP contribution is -2.34. The summed E-state index contributed by atoms with van der Waals surface area (Å²) < 4.78 is 1.45. The molecule has 4 rings (SSSR count). The lowest BCUT2D eigenvalue weighted by Gasteiger charge is -2.26. The average Bonchev–Trinajstić information content (AvgIpc) is 3.31. The first-order chi connectivity index (χ1) is 12.1. The van der Waals surface area contributed by atoms with Gasteiger partial charge in [0, 0.05) is 25.2 Å². The van der Waals surface area contributed by atoms with E-state index in [-0.39, 0.29) is 17.0 Å². The Bertz CT molecular complexity index is 873. The van der Waals surface area contributed by atoms with Crippen molar-refractivity contribution in [3.05, 3.63) is 64.1 Å². The van der Waals surface area contributed by atoms with Crippen LogP contribution in [0.2, 0.25) is 0 Å². The van der Waals surface area contributed by atoms with Gasteiger partial charge >= 0.3 is 6.03 Å². The van der Waals surface area contributed by atoms with Crippen LogP contribution in [0.4, 0.5) is 10.5 Å². The number of pyridine rings is 1. The summed E-state index contributed by atoms with van der Waals surface area (Å²) in [6, 6.07) is 11.8. The van der Waals surface area contributed by atoms with E-state index in [2.05, 4.69) is 34.9 Å². The molecule has 25 heavy (non-hydrogen) atoms. The lowest BCUT2D eigenvalue weighted by atomic mass is 9.78. The Morgan fingerprint density at radius 1 is 1.28 bits per heavy atom. The molecule has 1 aromatic heterocycles. The Morgan fingerprint density at radius 2 is 2.12 bits per heavy atom. The SMILES string of the molecule is Cn1cccc(NC(=O)NC[C@H]2C[C@@]23CCCc2ccccc23)c1=O. The fourth-order valence-electron chi connectivity index (χ4n) is 4.31. The van der Waals surface area contributed by atoms with Crippen LogP contribution in [-0.2, 0) is 18.9 Å². The molecule has 5 nitrogen and oxygen atoms in total. The van der Waals surface area contributed by atoms with Crippen molar-refractivity contribution in [1.29, 1.82) is 0 Å². The van der Waals surface area contributed by atoms with Gasteiger partial charge in [0.15, 0.2) is 0 Å². The molecule has 1 heterocycles. The molecule has 0 saturated heterocycles. The number of nitrogens with one attached hydrogen (secondary N) is 2. The molecule has 0 aliphatic heterocycles. The molecule has 2 N–H and O–H groups in total. The molecule has 2 aliphatic carbocycles. The van der Waals surface area contributed by atoms with Gasteiger partial charge in [-0.25, -0.2) is 4.79 Å². The van der Waals surface area contributed by atoms with Gasteiger partial charge in [0.1, 0.15) is 5.69 Å². The number of rotatable bonds is 3. The summed E-state index contributed by atoms with van der Waals surface area (Å²) in [6.45, 7) is 0.646. The van der Waals surface area contributed by atoms with E-state index in [1.807, 2.05) is 0 Å². The van der Waals surface area contributed by atoms with Crippen LogP contribution in [0.25, 0.3) is 0 Å². The third-order valence-electron chi connectivity index (χ3n) is 5.74. The van der Waals surface area contributed by atoms with Gasteiger partial charge in [-0.3, -0.25) is 4.79 Å². The number of carbonyl (C=O) groups excluding carboxylic acids is 1. The minimum Gasteiger partial charge on any atom is -0.338 e. The van der Waals surface area contributed by atoms with Crippen molar-refractivity contribution in [1.82, 2.24) is 9.88 Å². The second-order valence-corrected chi connectivity index (χ2v) is 7.24. The Labute approximate surface area is 147 Å². The largest absolute Gasteiger partial charge is 0.338 e. The molecule has 0 radical (unpaired) electrons. The summed E-state index contributed by atoms with van der Waals surface area (Å²) in [5.41, 5.74) is 3.29. The third kappa shape index (κ3) is 2.84. The van der Waals surface area contributed by atoms with Gasteiger partial charge in [-0.05, 0) is 54.9 Å². The van der Waals surface area contributed by atoms with Crippen LogP contribution in [-0.4, -0.2) is 17.1 Å². The quantitative estimate of drug-likeness (QED) is 0.905. The summed E-state index contributed by atoms with van der Waals surface area (Å²) in [6.07, 6.45) is 6.39. The van der Waals surface area contributed by atoms with E-state index in [9.17, 15) is 9.59 Å². The van der Waals surface area contributed by atoms with Crippen molar-refractivity contribution in [2.75, 3.05) is 11.9 Å². The van der Waals surface area contributed by atoms with Gasteiger partial charge in [0.05, 0.1) is 0 Å². The number of urea groups is 1.